The summed E-state index contributed by atoms with van der Waals surface area (Å²) in [4.78, 5) is 18.4. The van der Waals surface area contributed by atoms with Gasteiger partial charge < -0.3 is 9.64 Å². The van der Waals surface area contributed by atoms with Gasteiger partial charge in [-0.15, -0.1) is 13.2 Å². The number of alkyl halides is 3. The highest BCUT2D eigenvalue weighted by molar-refractivity contribution is 6.22. The predicted octanol–water partition coefficient (Wildman–Crippen LogP) is 5.00. The summed E-state index contributed by atoms with van der Waals surface area (Å²) in [5.74, 6) is -0.443. The molecular formula is C19H27F3N2O2. The van der Waals surface area contributed by atoms with Crippen molar-refractivity contribution in [2.75, 3.05) is 14.1 Å². The molecule has 146 valence electrons. The van der Waals surface area contributed by atoms with Crippen molar-refractivity contribution in [2.45, 2.75) is 52.8 Å². The van der Waals surface area contributed by atoms with Crippen LogP contribution in [-0.2, 0) is 9.53 Å². The number of allylic oxidation sites excluding steroid dienone is 4. The first kappa shape index (κ1) is 22.0. The number of ether oxygens (including phenoxy) is 1. The van der Waals surface area contributed by atoms with E-state index >= 15 is 0 Å². The lowest BCUT2D eigenvalue weighted by atomic mass is 9.89. The number of carbonyl (C=O) groups excluding carboxylic acids is 1. The van der Waals surface area contributed by atoms with E-state index in [1.54, 1.807) is 27.0 Å². The van der Waals surface area contributed by atoms with Crippen molar-refractivity contribution in [3.63, 3.8) is 0 Å². The molecule has 1 atom stereocenters. The molecule has 0 N–H and O–H groups in total. The molecule has 0 aromatic carbocycles. The molecule has 0 aromatic heterocycles. The van der Waals surface area contributed by atoms with Gasteiger partial charge in [0.05, 0.1) is 11.3 Å². The van der Waals surface area contributed by atoms with E-state index < -0.39 is 6.36 Å². The fourth-order valence-corrected chi connectivity index (χ4v) is 2.83. The molecule has 0 aromatic rings. The molecule has 0 spiro atoms. The minimum atomic E-state index is -4.81. The molecule has 0 saturated heterocycles. The smallest absolute Gasteiger partial charge is 0.408 e. The third kappa shape index (κ3) is 6.04. The summed E-state index contributed by atoms with van der Waals surface area (Å²) in [6.45, 7) is 5.43. The first-order chi connectivity index (χ1) is 12.1. The summed E-state index contributed by atoms with van der Waals surface area (Å²) in [5.41, 5.74) is 1.22. The van der Waals surface area contributed by atoms with Crippen LogP contribution in [-0.4, -0.2) is 37.0 Å². The third-order valence-electron chi connectivity index (χ3n) is 4.09. The summed E-state index contributed by atoms with van der Waals surface area (Å²) in [7, 11) is 3.07. The zero-order chi connectivity index (χ0) is 19.9. The lowest BCUT2D eigenvalue weighted by Crippen LogP contribution is -2.33. The van der Waals surface area contributed by atoms with Crippen LogP contribution < -0.4 is 0 Å². The van der Waals surface area contributed by atoms with E-state index in [4.69, 9.17) is 0 Å². The van der Waals surface area contributed by atoms with Gasteiger partial charge in [0, 0.05) is 26.2 Å². The van der Waals surface area contributed by atoms with E-state index in [0.717, 1.165) is 6.42 Å². The van der Waals surface area contributed by atoms with E-state index in [0.29, 0.717) is 24.1 Å². The van der Waals surface area contributed by atoms with Crippen molar-refractivity contribution in [1.29, 1.82) is 0 Å². The number of likely N-dealkylation sites (N-methyl/N-ethyl adjacent to an activating group) is 1. The maximum atomic E-state index is 13.0. The molecule has 0 bridgehead atoms. The summed E-state index contributed by atoms with van der Waals surface area (Å²) in [5, 5.41) is 0. The SMILES string of the molecule is CC=CC(=C(CCC)OC(F)(F)F)N(C)C(=O)C1=CC(C)CCC1=NC. The quantitative estimate of drug-likeness (QED) is 0.487. The molecule has 0 radical (unpaired) electrons. The Morgan fingerprint density at radius 2 is 2.12 bits per heavy atom. The summed E-state index contributed by atoms with van der Waals surface area (Å²) >= 11 is 0. The summed E-state index contributed by atoms with van der Waals surface area (Å²) in [6.07, 6.45) is 2.16. The van der Waals surface area contributed by atoms with Crippen LogP contribution in [0.3, 0.4) is 0 Å². The third-order valence-corrected chi connectivity index (χ3v) is 4.09. The van der Waals surface area contributed by atoms with Gasteiger partial charge in [0.1, 0.15) is 5.76 Å². The molecule has 1 unspecified atom stereocenters. The number of amides is 1. The van der Waals surface area contributed by atoms with Crippen molar-refractivity contribution < 1.29 is 22.7 Å². The van der Waals surface area contributed by atoms with E-state index in [9.17, 15) is 18.0 Å². The lowest BCUT2D eigenvalue weighted by Gasteiger charge is -2.26. The Kier molecular flexibility index (Phi) is 8.11. The molecule has 0 saturated carbocycles. The van der Waals surface area contributed by atoms with Crippen LogP contribution in [0.2, 0.25) is 0 Å². The van der Waals surface area contributed by atoms with Crippen molar-refractivity contribution in [3.05, 3.63) is 35.3 Å². The van der Waals surface area contributed by atoms with Crippen LogP contribution in [0.4, 0.5) is 13.2 Å². The molecule has 7 heteroatoms. The van der Waals surface area contributed by atoms with E-state index in [2.05, 4.69) is 9.73 Å². The number of carbonyl (C=O) groups is 1. The molecule has 1 aliphatic rings. The highest BCUT2D eigenvalue weighted by atomic mass is 19.4. The number of aliphatic imine (C=N–C) groups is 1. The maximum Gasteiger partial charge on any atom is 0.572 e. The second-order valence-electron chi connectivity index (χ2n) is 6.24. The van der Waals surface area contributed by atoms with Crippen LogP contribution in [0.15, 0.2) is 40.2 Å². The van der Waals surface area contributed by atoms with Crippen molar-refractivity contribution in [1.82, 2.24) is 4.90 Å². The zero-order valence-electron chi connectivity index (χ0n) is 16.0. The van der Waals surface area contributed by atoms with Gasteiger partial charge in [0.2, 0.25) is 0 Å². The fourth-order valence-electron chi connectivity index (χ4n) is 2.83. The Labute approximate surface area is 153 Å². The van der Waals surface area contributed by atoms with Crippen molar-refractivity contribution in [2.24, 2.45) is 10.9 Å². The number of hydrogen-bond acceptors (Lipinski definition) is 3. The standard InChI is InChI=1S/C19H27F3N2O2/c1-6-8-16(17(9-7-2)26-19(20,21)22)24(5)18(25)14-12-13(3)10-11-15(14)23-4/h6,8,12-13H,7,9-11H2,1-5H3. The minimum Gasteiger partial charge on any atom is -0.408 e. The normalized spacial score (nSPS) is 20.8. The van der Waals surface area contributed by atoms with Crippen molar-refractivity contribution in [3.8, 4) is 0 Å². The monoisotopic (exact) mass is 372 g/mol. The molecule has 1 rings (SSSR count). The lowest BCUT2D eigenvalue weighted by molar-refractivity contribution is -0.307. The molecular weight excluding hydrogens is 345 g/mol. The molecule has 4 nitrogen and oxygen atoms in total. The second kappa shape index (κ2) is 9.59. The first-order valence-corrected chi connectivity index (χ1v) is 8.72. The van der Waals surface area contributed by atoms with Gasteiger partial charge in [-0.1, -0.05) is 26.0 Å². The Morgan fingerprint density at radius 3 is 2.62 bits per heavy atom. The van der Waals surface area contributed by atoms with Gasteiger partial charge in [-0.3, -0.25) is 9.79 Å². The minimum absolute atomic E-state index is 0.0704. The van der Waals surface area contributed by atoms with Crippen LogP contribution in [0.25, 0.3) is 0 Å². The first-order valence-electron chi connectivity index (χ1n) is 8.72. The fraction of sp³-hybridized carbons (Fsp3) is 0.579. The van der Waals surface area contributed by atoms with Gasteiger partial charge in [-0.25, -0.2) is 0 Å². The summed E-state index contributed by atoms with van der Waals surface area (Å²) < 4.78 is 42.6. The molecule has 1 aliphatic carbocycles. The average molecular weight is 372 g/mol. The zero-order valence-corrected chi connectivity index (χ0v) is 16.0. The molecule has 0 fully saturated rings. The highest BCUT2D eigenvalue weighted by Crippen LogP contribution is 2.29. The van der Waals surface area contributed by atoms with Gasteiger partial charge in [0.15, 0.2) is 0 Å². The Morgan fingerprint density at radius 1 is 1.46 bits per heavy atom. The average Bonchev–Trinajstić information content (AvgIpc) is 2.57. The molecule has 1 amide bonds. The maximum absolute atomic E-state index is 13.0. The van der Waals surface area contributed by atoms with Gasteiger partial charge in [-0.05, 0) is 38.2 Å². The molecule has 0 aliphatic heterocycles. The number of hydrogen-bond donors (Lipinski definition) is 0. The molecule has 26 heavy (non-hydrogen) atoms. The van der Waals surface area contributed by atoms with E-state index in [1.807, 2.05) is 13.0 Å². The van der Waals surface area contributed by atoms with Crippen molar-refractivity contribution >= 4 is 11.6 Å². The second-order valence-corrected chi connectivity index (χ2v) is 6.24. The van der Waals surface area contributed by atoms with Gasteiger partial charge >= 0.3 is 6.36 Å². The van der Waals surface area contributed by atoms with Crippen LogP contribution in [0, 0.1) is 5.92 Å². The molecule has 0 heterocycles. The van der Waals surface area contributed by atoms with Gasteiger partial charge in [-0.2, -0.15) is 0 Å². The van der Waals surface area contributed by atoms with Gasteiger partial charge in [0.25, 0.3) is 5.91 Å². The van der Waals surface area contributed by atoms with E-state index in [-0.39, 0.29) is 29.7 Å². The van der Waals surface area contributed by atoms with Crippen LogP contribution in [0.1, 0.15) is 46.5 Å². The number of halogens is 3. The largest absolute Gasteiger partial charge is 0.572 e. The summed E-state index contributed by atoms with van der Waals surface area (Å²) in [6, 6.07) is 0. The van der Waals surface area contributed by atoms with Crippen LogP contribution in [0.5, 0.6) is 0 Å². The Bertz CT molecular complexity index is 631. The van der Waals surface area contributed by atoms with Crippen LogP contribution >= 0.6 is 0 Å². The Hall–Kier alpha value is -2.05. The highest BCUT2D eigenvalue weighted by Gasteiger charge is 2.34. The topological polar surface area (TPSA) is 41.9 Å². The number of rotatable bonds is 6. The number of nitrogens with zero attached hydrogens (tertiary/aromatic N) is 2. The Balaban J connectivity index is 3.34. The van der Waals surface area contributed by atoms with E-state index in [1.165, 1.54) is 18.0 Å². The predicted molar refractivity (Wildman–Crippen MR) is 96.5 cm³/mol.